The molecule has 2 rings (SSSR count). The highest BCUT2D eigenvalue weighted by Gasteiger charge is 2.09. The summed E-state index contributed by atoms with van der Waals surface area (Å²) in [7, 11) is 1.56. The first-order valence-corrected chi connectivity index (χ1v) is 6.57. The lowest BCUT2D eigenvalue weighted by Crippen LogP contribution is -1.88. The van der Waals surface area contributed by atoms with E-state index in [1.807, 2.05) is 25.1 Å². The van der Waals surface area contributed by atoms with E-state index in [0.717, 1.165) is 10.5 Å². The van der Waals surface area contributed by atoms with E-state index in [2.05, 4.69) is 0 Å². The summed E-state index contributed by atoms with van der Waals surface area (Å²) in [6.45, 7) is 1.98. The number of rotatable bonds is 3. The van der Waals surface area contributed by atoms with Gasteiger partial charge in [-0.25, -0.2) is 4.39 Å². The molecule has 1 nitrogen and oxygen atoms in total. The fourth-order valence-corrected chi connectivity index (χ4v) is 2.84. The van der Waals surface area contributed by atoms with Crippen LogP contribution in [0.5, 0.6) is 5.75 Å². The average molecular weight is 283 g/mol. The Morgan fingerprint density at radius 2 is 1.89 bits per heavy atom. The van der Waals surface area contributed by atoms with Crippen molar-refractivity contribution < 1.29 is 9.13 Å². The van der Waals surface area contributed by atoms with Crippen LogP contribution in [0.4, 0.5) is 4.39 Å². The van der Waals surface area contributed by atoms with Crippen molar-refractivity contribution in [2.75, 3.05) is 7.11 Å². The molecule has 0 amide bonds. The van der Waals surface area contributed by atoms with E-state index in [1.165, 1.54) is 23.9 Å². The Morgan fingerprint density at radius 3 is 2.56 bits per heavy atom. The molecule has 0 saturated heterocycles. The van der Waals surface area contributed by atoms with E-state index in [4.69, 9.17) is 16.3 Å². The maximum atomic E-state index is 13.2. The molecule has 94 valence electrons. The van der Waals surface area contributed by atoms with Gasteiger partial charge in [0.2, 0.25) is 0 Å². The van der Waals surface area contributed by atoms with Crippen LogP contribution in [0.1, 0.15) is 5.56 Å². The maximum absolute atomic E-state index is 13.2. The van der Waals surface area contributed by atoms with Crippen LogP contribution in [-0.4, -0.2) is 7.11 Å². The van der Waals surface area contributed by atoms with Crippen LogP contribution in [0.25, 0.3) is 0 Å². The number of aryl methyl sites for hydroxylation is 1. The Morgan fingerprint density at radius 1 is 1.11 bits per heavy atom. The van der Waals surface area contributed by atoms with Crippen molar-refractivity contribution in [3.8, 4) is 5.75 Å². The van der Waals surface area contributed by atoms with Crippen LogP contribution in [-0.2, 0) is 0 Å². The number of halogens is 2. The van der Waals surface area contributed by atoms with Gasteiger partial charge in [0, 0.05) is 4.90 Å². The molecular weight excluding hydrogens is 271 g/mol. The summed E-state index contributed by atoms with van der Waals surface area (Å²) in [5.41, 5.74) is 1.09. The summed E-state index contributed by atoms with van der Waals surface area (Å²) >= 11 is 7.55. The van der Waals surface area contributed by atoms with Gasteiger partial charge in [0.15, 0.2) is 0 Å². The minimum Gasteiger partial charge on any atom is -0.496 e. The van der Waals surface area contributed by atoms with E-state index in [-0.39, 0.29) is 5.82 Å². The van der Waals surface area contributed by atoms with Crippen molar-refractivity contribution in [3.63, 3.8) is 0 Å². The van der Waals surface area contributed by atoms with Crippen LogP contribution >= 0.6 is 23.4 Å². The molecule has 0 unspecified atom stereocenters. The van der Waals surface area contributed by atoms with Gasteiger partial charge in [-0.1, -0.05) is 29.4 Å². The topological polar surface area (TPSA) is 9.23 Å². The molecular formula is C14H12ClFOS. The summed E-state index contributed by atoms with van der Waals surface area (Å²) in [6.07, 6.45) is 0. The van der Waals surface area contributed by atoms with Crippen molar-refractivity contribution in [2.24, 2.45) is 0 Å². The van der Waals surface area contributed by atoms with Gasteiger partial charge in [0.1, 0.15) is 11.6 Å². The first-order chi connectivity index (χ1) is 8.60. The largest absolute Gasteiger partial charge is 0.496 e. The van der Waals surface area contributed by atoms with E-state index in [9.17, 15) is 4.39 Å². The Balaban J connectivity index is 2.36. The zero-order valence-corrected chi connectivity index (χ0v) is 11.6. The van der Waals surface area contributed by atoms with Crippen LogP contribution in [0.3, 0.4) is 0 Å². The fraction of sp³-hybridized carbons (Fsp3) is 0.143. The molecule has 0 bridgehead atoms. The third kappa shape index (κ3) is 2.98. The highest BCUT2D eigenvalue weighted by molar-refractivity contribution is 7.99. The quantitative estimate of drug-likeness (QED) is 0.788. The van der Waals surface area contributed by atoms with Crippen molar-refractivity contribution in [1.29, 1.82) is 0 Å². The van der Waals surface area contributed by atoms with Gasteiger partial charge in [0.05, 0.1) is 17.0 Å². The second kappa shape index (κ2) is 5.63. The summed E-state index contributed by atoms with van der Waals surface area (Å²) in [6, 6.07) is 10.2. The number of hydrogen-bond donors (Lipinski definition) is 0. The van der Waals surface area contributed by atoms with Crippen LogP contribution in [0, 0.1) is 12.7 Å². The summed E-state index contributed by atoms with van der Waals surface area (Å²) in [5, 5.41) is 0.659. The highest BCUT2D eigenvalue weighted by atomic mass is 35.5. The average Bonchev–Trinajstić information content (AvgIpc) is 2.33. The maximum Gasteiger partial charge on any atom is 0.132 e. The Bertz CT molecular complexity index is 572. The number of ether oxygens (including phenoxy) is 1. The molecule has 0 aliphatic rings. The van der Waals surface area contributed by atoms with Crippen LogP contribution in [0.2, 0.25) is 5.02 Å². The van der Waals surface area contributed by atoms with Gasteiger partial charge in [-0.05, 0) is 42.8 Å². The third-order valence-corrected chi connectivity index (χ3v) is 3.97. The van der Waals surface area contributed by atoms with Gasteiger partial charge in [-0.3, -0.25) is 0 Å². The van der Waals surface area contributed by atoms with Gasteiger partial charge in [-0.2, -0.15) is 0 Å². The van der Waals surface area contributed by atoms with E-state index in [0.29, 0.717) is 15.7 Å². The molecule has 0 aliphatic heterocycles. The summed E-state index contributed by atoms with van der Waals surface area (Å²) < 4.78 is 18.5. The lowest BCUT2D eigenvalue weighted by molar-refractivity contribution is 0.403. The lowest BCUT2D eigenvalue weighted by atomic mass is 10.2. The molecule has 2 aromatic rings. The molecule has 2 aromatic carbocycles. The predicted molar refractivity (Wildman–Crippen MR) is 73.3 cm³/mol. The zero-order valence-electron chi connectivity index (χ0n) is 10.0. The molecule has 4 heteroatoms. The van der Waals surface area contributed by atoms with Crippen LogP contribution < -0.4 is 4.74 Å². The Labute approximate surface area is 115 Å². The zero-order chi connectivity index (χ0) is 13.1. The fourth-order valence-electron chi connectivity index (χ4n) is 1.54. The monoisotopic (exact) mass is 282 g/mol. The summed E-state index contributed by atoms with van der Waals surface area (Å²) in [5.74, 6) is 0.347. The first kappa shape index (κ1) is 13.2. The van der Waals surface area contributed by atoms with Crippen molar-refractivity contribution in [3.05, 3.63) is 52.8 Å². The third-order valence-electron chi connectivity index (χ3n) is 2.43. The van der Waals surface area contributed by atoms with Crippen molar-refractivity contribution in [1.82, 2.24) is 0 Å². The van der Waals surface area contributed by atoms with Crippen molar-refractivity contribution >= 4 is 23.4 Å². The number of methoxy groups -OCH3 is 1. The van der Waals surface area contributed by atoms with E-state index < -0.39 is 0 Å². The standard InChI is InChI=1S/C14H12ClFOS/c1-9-3-6-13(11(15)7-9)18-14-8-10(16)4-5-12(14)17-2/h3-8H,1-2H3. The van der Waals surface area contributed by atoms with Gasteiger partial charge < -0.3 is 4.74 Å². The first-order valence-electron chi connectivity index (χ1n) is 5.37. The second-order valence-corrected chi connectivity index (χ2v) is 5.32. The van der Waals surface area contributed by atoms with Gasteiger partial charge in [0.25, 0.3) is 0 Å². The molecule has 0 saturated carbocycles. The Hall–Kier alpha value is -1.19. The lowest BCUT2D eigenvalue weighted by Gasteiger charge is -2.09. The number of hydrogen-bond acceptors (Lipinski definition) is 2. The van der Waals surface area contributed by atoms with Crippen molar-refractivity contribution in [2.45, 2.75) is 16.7 Å². The molecule has 0 aliphatic carbocycles. The minimum atomic E-state index is -0.290. The SMILES string of the molecule is COc1ccc(F)cc1Sc1ccc(C)cc1Cl. The molecule has 0 radical (unpaired) electrons. The van der Waals surface area contributed by atoms with Gasteiger partial charge in [-0.15, -0.1) is 0 Å². The molecule has 0 atom stereocenters. The molecule has 0 aromatic heterocycles. The Kier molecular flexibility index (Phi) is 4.15. The molecule has 18 heavy (non-hydrogen) atoms. The number of benzene rings is 2. The predicted octanol–water partition coefficient (Wildman–Crippen LogP) is 4.95. The molecule has 0 N–H and O–H groups in total. The smallest absolute Gasteiger partial charge is 0.132 e. The second-order valence-electron chi connectivity index (χ2n) is 3.83. The molecule has 0 heterocycles. The molecule has 0 spiro atoms. The molecule has 0 fully saturated rings. The van der Waals surface area contributed by atoms with Gasteiger partial charge >= 0.3 is 0 Å². The van der Waals surface area contributed by atoms with E-state index >= 15 is 0 Å². The van der Waals surface area contributed by atoms with Crippen LogP contribution in [0.15, 0.2) is 46.2 Å². The summed E-state index contributed by atoms with van der Waals surface area (Å²) in [4.78, 5) is 1.59. The minimum absolute atomic E-state index is 0.290. The van der Waals surface area contributed by atoms with E-state index in [1.54, 1.807) is 13.2 Å². The normalized spacial score (nSPS) is 10.4. The highest BCUT2D eigenvalue weighted by Crippen LogP contribution is 2.38.